The van der Waals surface area contributed by atoms with Crippen molar-refractivity contribution in [1.82, 2.24) is 5.32 Å². The van der Waals surface area contributed by atoms with Gasteiger partial charge in [-0.2, -0.15) is 0 Å². The molecule has 1 aliphatic rings. The van der Waals surface area contributed by atoms with E-state index < -0.39 is 5.72 Å². The summed E-state index contributed by atoms with van der Waals surface area (Å²) < 4.78 is 0. The number of carbonyl (C=O) groups is 1. The van der Waals surface area contributed by atoms with Crippen LogP contribution in [0.5, 0.6) is 0 Å². The molecular weight excluding hydrogens is 154 g/mol. The van der Waals surface area contributed by atoms with E-state index in [0.717, 1.165) is 19.3 Å². The van der Waals surface area contributed by atoms with Crippen LogP contribution in [-0.2, 0) is 4.79 Å². The molecule has 12 heavy (non-hydrogen) atoms. The first-order valence-corrected chi connectivity index (χ1v) is 4.40. The number of nitrogens with one attached hydrogen (secondary N) is 1. The molecule has 0 spiro atoms. The SMILES string of the molecule is CCCCCC1(O)C=CC(=O)N1. The summed E-state index contributed by atoms with van der Waals surface area (Å²) in [7, 11) is 0. The van der Waals surface area contributed by atoms with E-state index in [9.17, 15) is 9.90 Å². The first-order chi connectivity index (χ1) is 5.66. The fraction of sp³-hybridized carbons (Fsp3) is 0.667. The van der Waals surface area contributed by atoms with Crippen LogP contribution in [-0.4, -0.2) is 16.7 Å². The highest BCUT2D eigenvalue weighted by molar-refractivity contribution is 5.90. The van der Waals surface area contributed by atoms with Gasteiger partial charge < -0.3 is 10.4 Å². The van der Waals surface area contributed by atoms with Gasteiger partial charge in [0.2, 0.25) is 5.91 Å². The van der Waals surface area contributed by atoms with Crippen LogP contribution in [0.4, 0.5) is 0 Å². The van der Waals surface area contributed by atoms with Crippen molar-refractivity contribution in [1.29, 1.82) is 0 Å². The van der Waals surface area contributed by atoms with Crippen molar-refractivity contribution in [2.75, 3.05) is 0 Å². The van der Waals surface area contributed by atoms with Crippen molar-refractivity contribution < 1.29 is 9.90 Å². The normalized spacial score (nSPS) is 27.7. The lowest BCUT2D eigenvalue weighted by atomic mass is 10.1. The van der Waals surface area contributed by atoms with E-state index in [2.05, 4.69) is 12.2 Å². The highest BCUT2D eigenvalue weighted by atomic mass is 16.3. The summed E-state index contributed by atoms with van der Waals surface area (Å²) in [6.07, 6.45) is 6.68. The van der Waals surface area contributed by atoms with Gasteiger partial charge in [-0.3, -0.25) is 4.79 Å². The van der Waals surface area contributed by atoms with E-state index in [4.69, 9.17) is 0 Å². The molecule has 68 valence electrons. The number of rotatable bonds is 4. The second-order valence-electron chi connectivity index (χ2n) is 3.20. The number of carbonyl (C=O) groups excluding carboxylic acids is 1. The van der Waals surface area contributed by atoms with E-state index in [1.807, 2.05) is 0 Å². The molecule has 0 aromatic carbocycles. The van der Waals surface area contributed by atoms with Crippen LogP contribution in [0.1, 0.15) is 32.6 Å². The van der Waals surface area contributed by atoms with Gasteiger partial charge in [0.15, 0.2) is 5.72 Å². The molecule has 0 saturated heterocycles. The molecule has 1 amide bonds. The van der Waals surface area contributed by atoms with Crippen molar-refractivity contribution in [2.45, 2.75) is 38.3 Å². The van der Waals surface area contributed by atoms with Gasteiger partial charge in [-0.1, -0.05) is 19.8 Å². The Morgan fingerprint density at radius 3 is 2.83 bits per heavy atom. The maximum atomic E-state index is 10.7. The Morgan fingerprint density at radius 2 is 2.33 bits per heavy atom. The first kappa shape index (κ1) is 9.26. The Labute approximate surface area is 72.5 Å². The van der Waals surface area contributed by atoms with Gasteiger partial charge in [-0.25, -0.2) is 0 Å². The summed E-state index contributed by atoms with van der Waals surface area (Å²) >= 11 is 0. The molecule has 2 N–H and O–H groups in total. The van der Waals surface area contributed by atoms with Crippen molar-refractivity contribution in [3.05, 3.63) is 12.2 Å². The lowest BCUT2D eigenvalue weighted by molar-refractivity contribution is -0.120. The van der Waals surface area contributed by atoms with Gasteiger partial charge >= 0.3 is 0 Å². The molecule has 3 nitrogen and oxygen atoms in total. The fourth-order valence-corrected chi connectivity index (χ4v) is 1.30. The zero-order valence-corrected chi connectivity index (χ0v) is 7.34. The Hall–Kier alpha value is -0.830. The number of hydrogen-bond donors (Lipinski definition) is 2. The first-order valence-electron chi connectivity index (χ1n) is 4.40. The van der Waals surface area contributed by atoms with E-state index in [1.165, 1.54) is 12.2 Å². The van der Waals surface area contributed by atoms with E-state index in [-0.39, 0.29) is 5.91 Å². The van der Waals surface area contributed by atoms with Crippen LogP contribution in [0.15, 0.2) is 12.2 Å². The average molecular weight is 169 g/mol. The molecule has 1 unspecified atom stereocenters. The number of unbranched alkanes of at least 4 members (excludes halogenated alkanes) is 2. The molecule has 1 heterocycles. The highest BCUT2D eigenvalue weighted by Gasteiger charge is 2.28. The average Bonchev–Trinajstić information content (AvgIpc) is 2.32. The van der Waals surface area contributed by atoms with Crippen LogP contribution < -0.4 is 5.32 Å². The second kappa shape index (κ2) is 3.72. The van der Waals surface area contributed by atoms with Crippen LogP contribution in [0.2, 0.25) is 0 Å². The summed E-state index contributed by atoms with van der Waals surface area (Å²) in [6.45, 7) is 2.10. The van der Waals surface area contributed by atoms with Crippen molar-refractivity contribution in [2.24, 2.45) is 0 Å². The van der Waals surface area contributed by atoms with Crippen LogP contribution >= 0.6 is 0 Å². The van der Waals surface area contributed by atoms with Gasteiger partial charge in [0.1, 0.15) is 0 Å². The predicted octanol–water partition coefficient (Wildman–Crippen LogP) is 0.941. The van der Waals surface area contributed by atoms with Gasteiger partial charge in [0, 0.05) is 6.08 Å². The molecular formula is C9H15NO2. The molecule has 0 bridgehead atoms. The minimum Gasteiger partial charge on any atom is -0.367 e. The summed E-state index contributed by atoms with van der Waals surface area (Å²) in [5, 5.41) is 12.2. The maximum absolute atomic E-state index is 10.7. The fourth-order valence-electron chi connectivity index (χ4n) is 1.30. The van der Waals surface area contributed by atoms with Crippen LogP contribution in [0, 0.1) is 0 Å². The second-order valence-corrected chi connectivity index (χ2v) is 3.20. The number of hydrogen-bond acceptors (Lipinski definition) is 2. The maximum Gasteiger partial charge on any atom is 0.246 e. The van der Waals surface area contributed by atoms with Gasteiger partial charge in [0.25, 0.3) is 0 Å². The quantitative estimate of drug-likeness (QED) is 0.615. The zero-order valence-electron chi connectivity index (χ0n) is 7.34. The van der Waals surface area contributed by atoms with Crippen molar-refractivity contribution in [3.8, 4) is 0 Å². The van der Waals surface area contributed by atoms with Crippen molar-refractivity contribution in [3.63, 3.8) is 0 Å². The smallest absolute Gasteiger partial charge is 0.246 e. The third kappa shape index (κ3) is 2.34. The third-order valence-corrected chi connectivity index (χ3v) is 2.01. The lowest BCUT2D eigenvalue weighted by Crippen LogP contribution is -2.41. The molecule has 0 fully saturated rings. The molecule has 0 radical (unpaired) electrons. The summed E-state index contributed by atoms with van der Waals surface area (Å²) in [4.78, 5) is 10.7. The monoisotopic (exact) mass is 169 g/mol. The molecule has 1 atom stereocenters. The van der Waals surface area contributed by atoms with Gasteiger partial charge in [-0.05, 0) is 18.9 Å². The summed E-state index contributed by atoms with van der Waals surface area (Å²) in [5.74, 6) is -0.200. The standard InChI is InChI=1S/C9H15NO2/c1-2-3-4-6-9(12)7-5-8(11)10-9/h5,7,12H,2-4,6H2,1H3,(H,10,11). The van der Waals surface area contributed by atoms with Crippen molar-refractivity contribution >= 4 is 5.91 Å². The van der Waals surface area contributed by atoms with E-state index in [1.54, 1.807) is 0 Å². The molecule has 1 aliphatic heterocycles. The van der Waals surface area contributed by atoms with Gasteiger partial charge in [-0.15, -0.1) is 0 Å². The third-order valence-electron chi connectivity index (χ3n) is 2.01. The molecule has 0 aromatic rings. The summed E-state index contributed by atoms with van der Waals surface area (Å²) in [6, 6.07) is 0. The Bertz CT molecular complexity index is 201. The number of aliphatic hydroxyl groups is 1. The zero-order chi connectivity index (χ0) is 9.03. The molecule has 0 aliphatic carbocycles. The minimum atomic E-state index is -1.06. The van der Waals surface area contributed by atoms with E-state index in [0.29, 0.717) is 6.42 Å². The Morgan fingerprint density at radius 1 is 1.58 bits per heavy atom. The lowest BCUT2D eigenvalue weighted by Gasteiger charge is -2.20. The predicted molar refractivity (Wildman–Crippen MR) is 46.4 cm³/mol. The van der Waals surface area contributed by atoms with Crippen LogP contribution in [0.3, 0.4) is 0 Å². The molecule has 3 heteroatoms. The summed E-state index contributed by atoms with van der Waals surface area (Å²) in [5.41, 5.74) is -1.06. The Balaban J connectivity index is 2.31. The highest BCUT2D eigenvalue weighted by Crippen LogP contribution is 2.17. The topological polar surface area (TPSA) is 49.3 Å². The van der Waals surface area contributed by atoms with Crippen LogP contribution in [0.25, 0.3) is 0 Å². The van der Waals surface area contributed by atoms with E-state index >= 15 is 0 Å². The molecule has 0 aromatic heterocycles. The Kier molecular flexibility index (Phi) is 2.87. The largest absolute Gasteiger partial charge is 0.367 e. The minimum absolute atomic E-state index is 0.200. The molecule has 1 rings (SSSR count). The van der Waals surface area contributed by atoms with Gasteiger partial charge in [0.05, 0.1) is 0 Å². The molecule has 0 saturated carbocycles. The number of amides is 1.